The average Bonchev–Trinajstić information content (AvgIpc) is 2.65. The summed E-state index contributed by atoms with van der Waals surface area (Å²) in [4.78, 5) is 11.6. The van der Waals surface area contributed by atoms with Crippen molar-refractivity contribution in [1.82, 2.24) is 9.78 Å². The Morgan fingerprint density at radius 2 is 2.10 bits per heavy atom. The Labute approximate surface area is 114 Å². The Kier molecular flexibility index (Phi) is 5.37. The monoisotopic (exact) mass is 292 g/mol. The first kappa shape index (κ1) is 16.3. The van der Waals surface area contributed by atoms with Crippen molar-refractivity contribution in [1.29, 1.82) is 0 Å². The van der Waals surface area contributed by atoms with E-state index >= 15 is 0 Å². The van der Waals surface area contributed by atoms with E-state index in [0.29, 0.717) is 0 Å². The smallest absolute Gasteiger partial charge is 0.333 e. The number of nitrogens with zero attached hydrogens (tertiary/aromatic N) is 4. The van der Waals surface area contributed by atoms with Gasteiger partial charge in [0.25, 0.3) is 6.43 Å². The molecule has 1 aromatic heterocycles. The molecule has 0 saturated heterocycles. The van der Waals surface area contributed by atoms with E-state index in [1.54, 1.807) is 13.8 Å². The maximum absolute atomic E-state index is 12.6. The van der Waals surface area contributed by atoms with Crippen molar-refractivity contribution >= 4 is 11.5 Å². The Morgan fingerprint density at radius 1 is 1.50 bits per heavy atom. The average molecular weight is 292 g/mol. The first-order valence-corrected chi connectivity index (χ1v) is 6.17. The minimum absolute atomic E-state index is 0.0110. The van der Waals surface area contributed by atoms with Crippen LogP contribution in [0.5, 0.6) is 0 Å². The number of hydrogen-bond acceptors (Lipinski definition) is 5. The second-order valence-corrected chi connectivity index (χ2v) is 4.61. The largest absolute Gasteiger partial charge is 0.395 e. The summed E-state index contributed by atoms with van der Waals surface area (Å²) in [7, 11) is 0. The summed E-state index contributed by atoms with van der Waals surface area (Å²) in [6.07, 6.45) is -2.67. The molecular formula is C11H18F2N4O3. The molecular weight excluding hydrogens is 274 g/mol. The quantitative estimate of drug-likeness (QED) is 0.611. The molecule has 7 nitrogen and oxygen atoms in total. The lowest BCUT2D eigenvalue weighted by molar-refractivity contribution is -0.384. The van der Waals surface area contributed by atoms with Crippen molar-refractivity contribution < 1.29 is 18.8 Å². The normalized spacial score (nSPS) is 11.4. The summed E-state index contributed by atoms with van der Waals surface area (Å²) >= 11 is 0. The van der Waals surface area contributed by atoms with E-state index in [4.69, 9.17) is 5.11 Å². The maximum atomic E-state index is 12.6. The van der Waals surface area contributed by atoms with E-state index in [0.717, 1.165) is 4.90 Å². The first-order valence-electron chi connectivity index (χ1n) is 6.17. The molecule has 0 radical (unpaired) electrons. The van der Waals surface area contributed by atoms with Crippen LogP contribution in [0.3, 0.4) is 0 Å². The van der Waals surface area contributed by atoms with Crippen LogP contribution in [0.4, 0.5) is 20.3 Å². The van der Waals surface area contributed by atoms with Gasteiger partial charge in [-0.15, -0.1) is 0 Å². The van der Waals surface area contributed by atoms with Gasteiger partial charge in [-0.25, -0.2) is 13.5 Å². The van der Waals surface area contributed by atoms with Crippen LogP contribution in [-0.4, -0.2) is 45.9 Å². The molecule has 0 saturated carbocycles. The van der Waals surface area contributed by atoms with Crippen LogP contribution in [-0.2, 0) is 0 Å². The molecule has 0 aliphatic rings. The number of anilines is 1. The highest BCUT2D eigenvalue weighted by molar-refractivity contribution is 5.61. The standard InChI is InChI=1S/C11H18F2N4O3/c1-7(2)16-11(10(17(19)20)8(3)14-16)15(4-5-18)6-9(12)13/h7,9,18H,4-6H2,1-3H3. The molecule has 1 rings (SSSR count). The summed E-state index contributed by atoms with van der Waals surface area (Å²) in [6.45, 7) is 3.76. The van der Waals surface area contributed by atoms with Gasteiger partial charge in [-0.3, -0.25) is 10.1 Å². The molecule has 1 aromatic rings. The highest BCUT2D eigenvalue weighted by Crippen LogP contribution is 2.34. The van der Waals surface area contributed by atoms with Crippen LogP contribution in [0, 0.1) is 17.0 Å². The summed E-state index contributed by atoms with van der Waals surface area (Å²) in [5.74, 6) is 0.0110. The number of aromatic nitrogens is 2. The molecule has 0 unspecified atom stereocenters. The predicted octanol–water partition coefficient (Wildman–Crippen LogP) is 1.74. The number of halogens is 2. The lowest BCUT2D eigenvalue weighted by Gasteiger charge is -2.24. The van der Waals surface area contributed by atoms with E-state index in [9.17, 15) is 18.9 Å². The number of hydrogen-bond donors (Lipinski definition) is 1. The third-order valence-corrected chi connectivity index (χ3v) is 2.73. The number of aryl methyl sites for hydroxylation is 1. The van der Waals surface area contributed by atoms with E-state index in [-0.39, 0.29) is 36.4 Å². The zero-order chi connectivity index (χ0) is 15.4. The number of aliphatic hydroxyl groups is 1. The summed E-state index contributed by atoms with van der Waals surface area (Å²) in [6, 6.07) is -0.226. The van der Waals surface area contributed by atoms with Gasteiger partial charge in [0.05, 0.1) is 18.1 Å². The minimum atomic E-state index is -2.67. The van der Waals surface area contributed by atoms with Crippen LogP contribution in [0.2, 0.25) is 0 Å². The topological polar surface area (TPSA) is 84.4 Å². The molecule has 0 atom stereocenters. The number of rotatable bonds is 7. The Bertz CT molecular complexity index is 476. The van der Waals surface area contributed by atoms with Gasteiger partial charge < -0.3 is 10.0 Å². The fourth-order valence-corrected chi connectivity index (χ4v) is 1.97. The van der Waals surface area contributed by atoms with Gasteiger partial charge >= 0.3 is 5.69 Å². The van der Waals surface area contributed by atoms with Crippen molar-refractivity contribution in [3.05, 3.63) is 15.8 Å². The molecule has 0 amide bonds. The van der Waals surface area contributed by atoms with Crippen LogP contribution >= 0.6 is 0 Å². The van der Waals surface area contributed by atoms with E-state index in [1.165, 1.54) is 11.6 Å². The first-order chi connectivity index (χ1) is 9.29. The van der Waals surface area contributed by atoms with Gasteiger partial charge in [0, 0.05) is 12.6 Å². The van der Waals surface area contributed by atoms with Crippen LogP contribution in [0.25, 0.3) is 0 Å². The van der Waals surface area contributed by atoms with E-state index < -0.39 is 17.9 Å². The molecule has 0 aromatic carbocycles. The van der Waals surface area contributed by atoms with Crippen LogP contribution in [0.1, 0.15) is 25.6 Å². The molecule has 20 heavy (non-hydrogen) atoms. The third-order valence-electron chi connectivity index (χ3n) is 2.73. The summed E-state index contributed by atoms with van der Waals surface area (Å²) in [5, 5.41) is 24.2. The molecule has 1 N–H and O–H groups in total. The van der Waals surface area contributed by atoms with Gasteiger partial charge in [0.1, 0.15) is 5.69 Å². The Balaban J connectivity index is 3.39. The van der Waals surface area contributed by atoms with Crippen LogP contribution in [0.15, 0.2) is 0 Å². The molecule has 0 aliphatic carbocycles. The summed E-state index contributed by atoms with van der Waals surface area (Å²) < 4.78 is 26.6. The molecule has 0 bridgehead atoms. The lowest BCUT2D eigenvalue weighted by atomic mass is 10.3. The zero-order valence-corrected chi connectivity index (χ0v) is 11.6. The number of aliphatic hydroxyl groups excluding tert-OH is 1. The molecule has 0 aliphatic heterocycles. The Morgan fingerprint density at radius 3 is 2.50 bits per heavy atom. The van der Waals surface area contributed by atoms with Crippen molar-refractivity contribution in [2.24, 2.45) is 0 Å². The molecule has 1 heterocycles. The highest BCUT2D eigenvalue weighted by Gasteiger charge is 2.31. The Hall–Kier alpha value is -1.77. The van der Waals surface area contributed by atoms with Gasteiger partial charge in [-0.1, -0.05) is 0 Å². The molecule has 0 fully saturated rings. The minimum Gasteiger partial charge on any atom is -0.395 e. The highest BCUT2D eigenvalue weighted by atomic mass is 19.3. The maximum Gasteiger partial charge on any atom is 0.333 e. The van der Waals surface area contributed by atoms with Crippen molar-refractivity contribution in [2.45, 2.75) is 33.2 Å². The predicted molar refractivity (Wildman–Crippen MR) is 69.3 cm³/mol. The number of nitro groups is 1. The van der Waals surface area contributed by atoms with Gasteiger partial charge in [-0.05, 0) is 20.8 Å². The second kappa shape index (κ2) is 6.60. The van der Waals surface area contributed by atoms with Gasteiger partial charge in [-0.2, -0.15) is 5.10 Å². The third kappa shape index (κ3) is 3.41. The van der Waals surface area contributed by atoms with Crippen molar-refractivity contribution in [3.63, 3.8) is 0 Å². The summed E-state index contributed by atoms with van der Waals surface area (Å²) in [5.41, 5.74) is -0.135. The fraction of sp³-hybridized carbons (Fsp3) is 0.727. The fourth-order valence-electron chi connectivity index (χ4n) is 1.97. The molecule has 9 heteroatoms. The molecule has 0 spiro atoms. The van der Waals surface area contributed by atoms with Crippen molar-refractivity contribution in [3.8, 4) is 0 Å². The van der Waals surface area contributed by atoms with E-state index in [1.807, 2.05) is 0 Å². The second-order valence-electron chi connectivity index (χ2n) is 4.61. The number of alkyl halides is 2. The molecule has 114 valence electrons. The SMILES string of the molecule is Cc1nn(C(C)C)c(N(CCO)CC(F)F)c1[N+](=O)[O-]. The van der Waals surface area contributed by atoms with Crippen LogP contribution < -0.4 is 4.90 Å². The van der Waals surface area contributed by atoms with Crippen molar-refractivity contribution in [2.75, 3.05) is 24.6 Å². The zero-order valence-electron chi connectivity index (χ0n) is 11.6. The lowest BCUT2D eigenvalue weighted by Crippen LogP contribution is -2.34. The van der Waals surface area contributed by atoms with Gasteiger partial charge in [0.15, 0.2) is 0 Å². The van der Waals surface area contributed by atoms with E-state index in [2.05, 4.69) is 5.10 Å². The van der Waals surface area contributed by atoms with Gasteiger partial charge in [0.2, 0.25) is 5.82 Å².